The Kier molecular flexibility index (Phi) is 8.76. The normalized spacial score (nSPS) is 16.2. The highest BCUT2D eigenvalue weighted by molar-refractivity contribution is 6.34. The number of hydrogen-bond acceptors (Lipinski definition) is 3. The van der Waals surface area contributed by atoms with E-state index < -0.39 is 12.5 Å². The van der Waals surface area contributed by atoms with Gasteiger partial charge in [0.2, 0.25) is 0 Å². The van der Waals surface area contributed by atoms with Gasteiger partial charge < -0.3 is 5.32 Å². The summed E-state index contributed by atoms with van der Waals surface area (Å²) in [5, 5.41) is 9.29. The number of hydrazone groups is 1. The van der Waals surface area contributed by atoms with Crippen molar-refractivity contribution >= 4 is 22.8 Å². The van der Waals surface area contributed by atoms with E-state index >= 15 is 0 Å². The maximum absolute atomic E-state index is 13.9. The Labute approximate surface area is 197 Å². The zero-order valence-corrected chi connectivity index (χ0v) is 21.4. The molecule has 2 rings (SSSR count). The van der Waals surface area contributed by atoms with Gasteiger partial charge in [0.25, 0.3) is 5.92 Å². The summed E-state index contributed by atoms with van der Waals surface area (Å²) in [5.74, 6) is -2.36. The Hall–Kier alpha value is -2.76. The van der Waals surface area contributed by atoms with Gasteiger partial charge in [-0.05, 0) is 81.9 Å². The van der Waals surface area contributed by atoms with Crippen LogP contribution in [0.4, 0.5) is 8.78 Å². The molecule has 0 amide bonds. The van der Waals surface area contributed by atoms with E-state index in [-0.39, 0.29) is 0 Å². The number of aliphatic imine (C=N–C) groups is 1. The molecule has 0 fully saturated rings. The number of halogens is 2. The van der Waals surface area contributed by atoms with Crippen molar-refractivity contribution in [2.75, 3.05) is 19.6 Å². The first kappa shape index (κ1) is 26.5. The monoisotopic (exact) mass is 456 g/mol. The van der Waals surface area contributed by atoms with Crippen LogP contribution in [-0.4, -0.2) is 42.1 Å². The lowest BCUT2D eigenvalue weighted by Crippen LogP contribution is -2.34. The molecule has 1 aromatic rings. The molecule has 0 saturated heterocycles. The third kappa shape index (κ3) is 6.18. The van der Waals surface area contributed by atoms with E-state index in [1.807, 2.05) is 34.6 Å². The lowest BCUT2D eigenvalue weighted by atomic mass is 9.89. The quantitative estimate of drug-likeness (QED) is 0.449. The molecule has 0 bridgehead atoms. The molecule has 0 unspecified atom stereocenters. The molecule has 1 aliphatic heterocycles. The van der Waals surface area contributed by atoms with Crippen molar-refractivity contribution in [1.82, 2.24) is 10.3 Å². The van der Waals surface area contributed by atoms with Gasteiger partial charge in [0.05, 0.1) is 5.71 Å². The molecule has 0 aromatic heterocycles. The Morgan fingerprint density at radius 1 is 1.12 bits per heavy atom. The van der Waals surface area contributed by atoms with Crippen LogP contribution in [0.3, 0.4) is 0 Å². The van der Waals surface area contributed by atoms with Gasteiger partial charge in [-0.3, -0.25) is 4.99 Å². The highest BCUT2D eigenvalue weighted by Crippen LogP contribution is 2.32. The number of nitrogens with one attached hydrogen (secondary N) is 1. The highest BCUT2D eigenvalue weighted by atomic mass is 19.3. The van der Waals surface area contributed by atoms with Crippen LogP contribution >= 0.6 is 0 Å². The Morgan fingerprint density at radius 3 is 2.30 bits per heavy atom. The minimum absolute atomic E-state index is 0.500. The van der Waals surface area contributed by atoms with Crippen molar-refractivity contribution in [3.8, 4) is 0 Å². The van der Waals surface area contributed by atoms with E-state index in [1.165, 1.54) is 10.6 Å². The predicted molar refractivity (Wildman–Crippen MR) is 138 cm³/mol. The molecule has 0 spiro atoms. The van der Waals surface area contributed by atoms with Crippen LogP contribution in [0.25, 0.3) is 11.3 Å². The van der Waals surface area contributed by atoms with Crippen molar-refractivity contribution in [3.63, 3.8) is 0 Å². The summed E-state index contributed by atoms with van der Waals surface area (Å²) in [6, 6.07) is 6.36. The second-order valence-electron chi connectivity index (χ2n) is 8.73. The van der Waals surface area contributed by atoms with Crippen molar-refractivity contribution in [2.45, 2.75) is 67.7 Å². The van der Waals surface area contributed by atoms with Crippen LogP contribution in [0.15, 0.2) is 51.6 Å². The summed E-state index contributed by atoms with van der Waals surface area (Å²) in [4.78, 5) is 4.54. The zero-order valence-electron chi connectivity index (χ0n) is 21.4. The van der Waals surface area contributed by atoms with E-state index in [9.17, 15) is 8.78 Å². The summed E-state index contributed by atoms with van der Waals surface area (Å²) in [7, 11) is 0. The lowest BCUT2D eigenvalue weighted by molar-refractivity contribution is 0.00268. The van der Waals surface area contributed by atoms with Gasteiger partial charge in [-0.15, -0.1) is 0 Å². The van der Waals surface area contributed by atoms with Crippen LogP contribution in [0.1, 0.15) is 72.1 Å². The zero-order chi connectivity index (χ0) is 24.9. The first-order valence-electron chi connectivity index (χ1n) is 11.7. The van der Waals surface area contributed by atoms with Gasteiger partial charge >= 0.3 is 0 Å². The van der Waals surface area contributed by atoms with Crippen LogP contribution < -0.4 is 5.32 Å². The van der Waals surface area contributed by atoms with Crippen molar-refractivity contribution < 1.29 is 8.78 Å². The van der Waals surface area contributed by atoms with E-state index in [1.54, 1.807) is 0 Å². The Bertz CT molecular complexity index is 1020. The molecule has 1 N–H and O–H groups in total. The summed E-state index contributed by atoms with van der Waals surface area (Å²) < 4.78 is 27.8. The second kappa shape index (κ2) is 10.9. The fraction of sp³-hybridized carbons (Fsp3) is 0.481. The van der Waals surface area contributed by atoms with Gasteiger partial charge in [0.1, 0.15) is 6.54 Å². The summed E-state index contributed by atoms with van der Waals surface area (Å²) in [6.07, 6.45) is 0.867. The summed E-state index contributed by atoms with van der Waals surface area (Å²) in [6.45, 7) is 20.0. The molecule has 1 aliphatic rings. The molecular formula is C27H38F2N4. The number of alkyl halides is 2. The molecule has 180 valence electrons. The second-order valence-corrected chi connectivity index (χ2v) is 8.73. The van der Waals surface area contributed by atoms with Crippen molar-refractivity contribution in [1.29, 1.82) is 0 Å². The third-order valence-electron chi connectivity index (χ3n) is 5.71. The summed E-state index contributed by atoms with van der Waals surface area (Å²) >= 11 is 0. The molecule has 0 radical (unpaired) electrons. The first-order chi connectivity index (χ1) is 15.4. The number of allylic oxidation sites excluding steroid dienone is 3. The average molecular weight is 457 g/mol. The maximum Gasteiger partial charge on any atom is 0.264 e. The molecule has 1 aromatic carbocycles. The van der Waals surface area contributed by atoms with E-state index in [4.69, 9.17) is 0 Å². The summed E-state index contributed by atoms with van der Waals surface area (Å²) in [5.41, 5.74) is 8.91. The van der Waals surface area contributed by atoms with Crippen LogP contribution in [0.5, 0.6) is 0 Å². The van der Waals surface area contributed by atoms with E-state index in [0.717, 1.165) is 59.0 Å². The largest absolute Gasteiger partial charge is 0.385 e. The van der Waals surface area contributed by atoms with Crippen LogP contribution in [0.2, 0.25) is 0 Å². The minimum Gasteiger partial charge on any atom is -0.385 e. The minimum atomic E-state index is -2.88. The fourth-order valence-corrected chi connectivity index (χ4v) is 3.99. The standard InChI is InChI=1S/C27H38F2N4/c1-10-21-15-22(20(8)30-11-2)13-14-23(21)18(6)19(7)25-24(17(4)5)26(31-12-3)33(32-25)16-27(9,28)29/h13-15,30H,8,10-12,16H2,1-7,9H3/b19-18+,31-26?. The van der Waals surface area contributed by atoms with E-state index in [2.05, 4.69) is 54.0 Å². The number of nitrogens with zero attached hydrogens (tertiary/aromatic N) is 3. The number of benzene rings is 1. The number of amidine groups is 1. The first-order valence-corrected chi connectivity index (χ1v) is 11.7. The molecule has 6 heteroatoms. The molecule has 0 saturated carbocycles. The van der Waals surface area contributed by atoms with Crippen molar-refractivity contribution in [2.24, 2.45) is 10.1 Å². The molecule has 0 atom stereocenters. The smallest absolute Gasteiger partial charge is 0.264 e. The van der Waals surface area contributed by atoms with Crippen molar-refractivity contribution in [3.05, 3.63) is 58.2 Å². The Balaban J connectivity index is 2.62. The molecule has 1 heterocycles. The van der Waals surface area contributed by atoms with Gasteiger partial charge in [-0.25, -0.2) is 13.8 Å². The molecular weight excluding hydrogens is 418 g/mol. The topological polar surface area (TPSA) is 40.0 Å². The van der Waals surface area contributed by atoms with Crippen LogP contribution in [0, 0.1) is 0 Å². The SMILES string of the molecule is C=C(NCC)c1ccc(/C(C)=C(\C)C2=NN(CC(C)(F)F)C(=NCC)C2=C(C)C)c(CC)c1. The molecule has 0 aliphatic carbocycles. The number of hydrogen-bond donors (Lipinski definition) is 1. The average Bonchev–Trinajstić information content (AvgIpc) is 3.09. The fourth-order valence-electron chi connectivity index (χ4n) is 3.99. The Morgan fingerprint density at radius 2 is 1.79 bits per heavy atom. The van der Waals surface area contributed by atoms with Gasteiger partial charge in [0, 0.05) is 31.3 Å². The van der Waals surface area contributed by atoms with Gasteiger partial charge in [-0.2, -0.15) is 5.10 Å². The lowest BCUT2D eigenvalue weighted by Gasteiger charge is -2.20. The van der Waals surface area contributed by atoms with Crippen LogP contribution in [-0.2, 0) is 6.42 Å². The maximum atomic E-state index is 13.9. The van der Waals surface area contributed by atoms with E-state index in [0.29, 0.717) is 18.1 Å². The highest BCUT2D eigenvalue weighted by Gasteiger charge is 2.35. The predicted octanol–water partition coefficient (Wildman–Crippen LogP) is 6.70. The van der Waals surface area contributed by atoms with Gasteiger partial charge in [0.15, 0.2) is 5.84 Å². The number of rotatable bonds is 9. The third-order valence-corrected chi connectivity index (χ3v) is 5.71. The number of aryl methyl sites for hydroxylation is 1. The molecule has 4 nitrogen and oxygen atoms in total. The molecule has 33 heavy (non-hydrogen) atoms. The van der Waals surface area contributed by atoms with Gasteiger partial charge in [-0.1, -0.05) is 31.2 Å².